The summed E-state index contributed by atoms with van der Waals surface area (Å²) in [4.78, 5) is 0. The van der Waals surface area contributed by atoms with Gasteiger partial charge in [0.1, 0.15) is 5.82 Å². The summed E-state index contributed by atoms with van der Waals surface area (Å²) in [5, 5.41) is 11.1. The van der Waals surface area contributed by atoms with Crippen LogP contribution in [0.1, 0.15) is 0 Å². The van der Waals surface area contributed by atoms with Gasteiger partial charge in [0, 0.05) is 5.39 Å². The topological polar surface area (TPSA) is 0 Å². The van der Waals surface area contributed by atoms with Crippen molar-refractivity contribution in [3.63, 3.8) is 0 Å². The minimum absolute atomic E-state index is 0.168. The molecular formula is C26H15F. The molecule has 0 N–H and O–H groups in total. The van der Waals surface area contributed by atoms with Crippen LogP contribution in [0, 0.1) is 5.82 Å². The van der Waals surface area contributed by atoms with Gasteiger partial charge in [-0.25, -0.2) is 4.39 Å². The van der Waals surface area contributed by atoms with Gasteiger partial charge in [-0.15, -0.1) is 0 Å². The molecule has 27 heavy (non-hydrogen) atoms. The van der Waals surface area contributed by atoms with Crippen LogP contribution >= 0.6 is 0 Å². The van der Waals surface area contributed by atoms with Crippen LogP contribution in [-0.2, 0) is 0 Å². The van der Waals surface area contributed by atoms with Crippen LogP contribution in [0.2, 0.25) is 0 Å². The second kappa shape index (κ2) is 5.28. The summed E-state index contributed by atoms with van der Waals surface area (Å²) < 4.78 is 14.3. The Morgan fingerprint density at radius 1 is 0.370 bits per heavy atom. The van der Waals surface area contributed by atoms with E-state index >= 15 is 0 Å². The molecule has 0 aliphatic carbocycles. The van der Waals surface area contributed by atoms with Crippen LogP contribution in [0.15, 0.2) is 91.0 Å². The fourth-order valence-electron chi connectivity index (χ4n) is 4.24. The van der Waals surface area contributed by atoms with Gasteiger partial charge in [0.15, 0.2) is 0 Å². The highest BCUT2D eigenvalue weighted by atomic mass is 19.1. The van der Waals surface area contributed by atoms with Gasteiger partial charge in [-0.1, -0.05) is 48.5 Å². The van der Waals surface area contributed by atoms with Gasteiger partial charge in [0.25, 0.3) is 0 Å². The van der Waals surface area contributed by atoms with E-state index in [0.717, 1.165) is 16.2 Å². The van der Waals surface area contributed by atoms with Crippen LogP contribution < -0.4 is 0 Å². The molecule has 0 fully saturated rings. The minimum Gasteiger partial charge on any atom is -0.206 e. The van der Waals surface area contributed by atoms with E-state index < -0.39 is 0 Å². The summed E-state index contributed by atoms with van der Waals surface area (Å²) in [6.45, 7) is 0. The van der Waals surface area contributed by atoms with Crippen molar-refractivity contribution >= 4 is 53.9 Å². The summed E-state index contributed by atoms with van der Waals surface area (Å²) in [6, 6.07) is 31.0. The zero-order chi connectivity index (χ0) is 18.0. The van der Waals surface area contributed by atoms with Gasteiger partial charge in [0.2, 0.25) is 0 Å². The summed E-state index contributed by atoms with van der Waals surface area (Å²) in [5.41, 5.74) is 0. The standard InChI is InChI=1S/C26H15F/c27-26-7-3-6-18-12-19-8-9-20-13-21-10-16-4-1-2-5-17(16)11-22(21)14-23(20)24(19)15-25(18)26/h1-15H. The highest BCUT2D eigenvalue weighted by Crippen LogP contribution is 2.34. The second-order valence-electron chi connectivity index (χ2n) is 7.22. The average Bonchev–Trinajstić information content (AvgIpc) is 2.70. The van der Waals surface area contributed by atoms with Gasteiger partial charge in [-0.3, -0.25) is 0 Å². The van der Waals surface area contributed by atoms with Crippen molar-refractivity contribution in [3.05, 3.63) is 96.8 Å². The van der Waals surface area contributed by atoms with E-state index in [0.29, 0.717) is 5.39 Å². The number of halogens is 1. The molecule has 0 nitrogen and oxygen atoms in total. The Morgan fingerprint density at radius 3 is 1.63 bits per heavy atom. The van der Waals surface area contributed by atoms with Crippen molar-refractivity contribution in [2.45, 2.75) is 0 Å². The van der Waals surface area contributed by atoms with Gasteiger partial charge in [-0.05, 0) is 90.9 Å². The number of rotatable bonds is 0. The maximum Gasteiger partial charge on any atom is 0.131 e. The Bertz CT molecular complexity index is 1530. The zero-order valence-electron chi connectivity index (χ0n) is 14.5. The molecule has 6 aromatic carbocycles. The highest BCUT2D eigenvalue weighted by molar-refractivity contribution is 6.16. The summed E-state index contributed by atoms with van der Waals surface area (Å²) in [7, 11) is 0. The molecule has 0 saturated carbocycles. The largest absolute Gasteiger partial charge is 0.206 e. The van der Waals surface area contributed by atoms with Crippen molar-refractivity contribution in [2.24, 2.45) is 0 Å². The van der Waals surface area contributed by atoms with Crippen LogP contribution in [0.5, 0.6) is 0 Å². The fraction of sp³-hybridized carbons (Fsp3) is 0. The van der Waals surface area contributed by atoms with Crippen molar-refractivity contribution in [1.29, 1.82) is 0 Å². The molecule has 126 valence electrons. The van der Waals surface area contributed by atoms with Crippen LogP contribution in [0.3, 0.4) is 0 Å². The van der Waals surface area contributed by atoms with E-state index in [2.05, 4.69) is 66.7 Å². The molecule has 0 radical (unpaired) electrons. The maximum absolute atomic E-state index is 14.3. The van der Waals surface area contributed by atoms with E-state index in [4.69, 9.17) is 0 Å². The molecule has 0 amide bonds. The lowest BCUT2D eigenvalue weighted by Gasteiger charge is -2.09. The molecule has 0 bridgehead atoms. The first-order valence-electron chi connectivity index (χ1n) is 9.14. The monoisotopic (exact) mass is 346 g/mol. The Hall–Kier alpha value is -3.45. The van der Waals surface area contributed by atoms with Gasteiger partial charge in [-0.2, -0.15) is 0 Å². The second-order valence-corrected chi connectivity index (χ2v) is 7.22. The minimum atomic E-state index is -0.168. The van der Waals surface area contributed by atoms with Crippen molar-refractivity contribution in [3.8, 4) is 0 Å². The van der Waals surface area contributed by atoms with Gasteiger partial charge < -0.3 is 0 Å². The Kier molecular flexibility index (Phi) is 2.87. The first-order valence-corrected chi connectivity index (χ1v) is 9.14. The van der Waals surface area contributed by atoms with Crippen molar-refractivity contribution in [2.75, 3.05) is 0 Å². The molecule has 0 aliphatic heterocycles. The Morgan fingerprint density at radius 2 is 0.889 bits per heavy atom. The maximum atomic E-state index is 14.3. The van der Waals surface area contributed by atoms with Crippen molar-refractivity contribution < 1.29 is 4.39 Å². The Balaban J connectivity index is 1.78. The van der Waals surface area contributed by atoms with Crippen LogP contribution in [0.4, 0.5) is 4.39 Å². The normalized spacial score (nSPS) is 11.9. The summed E-state index contributed by atoms with van der Waals surface area (Å²) in [5.74, 6) is -0.168. The lowest BCUT2D eigenvalue weighted by atomic mass is 9.95. The third-order valence-electron chi connectivity index (χ3n) is 5.60. The first-order chi connectivity index (χ1) is 13.3. The smallest absolute Gasteiger partial charge is 0.131 e. The Labute approximate surface area is 155 Å². The molecule has 0 aliphatic rings. The molecular weight excluding hydrogens is 331 g/mol. The third-order valence-corrected chi connectivity index (χ3v) is 5.60. The number of benzene rings is 6. The third kappa shape index (κ3) is 2.15. The molecule has 6 aromatic rings. The zero-order valence-corrected chi connectivity index (χ0v) is 14.5. The quantitative estimate of drug-likeness (QED) is 0.196. The van der Waals surface area contributed by atoms with E-state index in [1.165, 1.54) is 38.4 Å². The predicted molar refractivity (Wildman–Crippen MR) is 114 cm³/mol. The summed E-state index contributed by atoms with van der Waals surface area (Å²) >= 11 is 0. The van der Waals surface area contributed by atoms with E-state index in [1.54, 1.807) is 6.07 Å². The molecule has 0 aromatic heterocycles. The lowest BCUT2D eigenvalue weighted by molar-refractivity contribution is 0.640. The molecule has 1 heteroatoms. The number of fused-ring (bicyclic) bond motifs is 6. The summed E-state index contributed by atoms with van der Waals surface area (Å²) in [6.07, 6.45) is 0. The molecule has 0 unspecified atom stereocenters. The lowest BCUT2D eigenvalue weighted by Crippen LogP contribution is -1.84. The first kappa shape index (κ1) is 14.7. The van der Waals surface area contributed by atoms with Crippen LogP contribution in [-0.4, -0.2) is 0 Å². The van der Waals surface area contributed by atoms with E-state index in [1.807, 2.05) is 12.1 Å². The molecule has 0 atom stereocenters. The molecule has 0 saturated heterocycles. The SMILES string of the molecule is Fc1cccc2cc3ccc4cc5cc6ccccc6cc5cc4c3cc12. The fourth-order valence-corrected chi connectivity index (χ4v) is 4.24. The predicted octanol–water partition coefficient (Wildman–Crippen LogP) is 7.59. The molecule has 0 heterocycles. The average molecular weight is 346 g/mol. The number of hydrogen-bond acceptors (Lipinski definition) is 0. The van der Waals surface area contributed by atoms with E-state index in [-0.39, 0.29) is 5.82 Å². The number of hydrogen-bond donors (Lipinski definition) is 0. The van der Waals surface area contributed by atoms with E-state index in [9.17, 15) is 4.39 Å². The van der Waals surface area contributed by atoms with Crippen LogP contribution in [0.25, 0.3) is 53.9 Å². The molecule has 6 rings (SSSR count). The highest BCUT2D eigenvalue weighted by Gasteiger charge is 2.08. The van der Waals surface area contributed by atoms with Crippen molar-refractivity contribution in [1.82, 2.24) is 0 Å². The van der Waals surface area contributed by atoms with Gasteiger partial charge in [0.05, 0.1) is 0 Å². The van der Waals surface area contributed by atoms with Gasteiger partial charge >= 0.3 is 0 Å². The molecule has 0 spiro atoms.